The Hall–Kier alpha value is -0.650. The van der Waals surface area contributed by atoms with Crippen LogP contribution < -0.4 is 11.1 Å². The number of benzene rings is 1. The van der Waals surface area contributed by atoms with Gasteiger partial charge in [-0.3, -0.25) is 4.79 Å². The third-order valence-electron chi connectivity index (χ3n) is 2.31. The first-order chi connectivity index (χ1) is 8.50. The number of thiocarbonyl (C=S) groups is 1. The van der Waals surface area contributed by atoms with Gasteiger partial charge in [0, 0.05) is 16.0 Å². The van der Waals surface area contributed by atoms with Crippen LogP contribution in [0.1, 0.15) is 29.6 Å². The zero-order valence-electron chi connectivity index (χ0n) is 9.71. The molecule has 6 heteroatoms. The molecule has 1 aromatic carbocycles. The lowest BCUT2D eigenvalue weighted by Crippen LogP contribution is -2.25. The van der Waals surface area contributed by atoms with Gasteiger partial charge >= 0.3 is 0 Å². The molecule has 1 aromatic rings. The molecule has 0 aliphatic heterocycles. The fraction of sp³-hybridized carbons (Fsp3) is 0.333. The van der Waals surface area contributed by atoms with Crippen LogP contribution in [0.25, 0.3) is 0 Å². The minimum Gasteiger partial charge on any atom is -0.393 e. The molecule has 0 aliphatic rings. The molecule has 18 heavy (non-hydrogen) atoms. The molecule has 0 aliphatic carbocycles. The number of hydrogen-bond acceptors (Lipinski definition) is 2. The van der Waals surface area contributed by atoms with E-state index < -0.39 is 0 Å². The zero-order valence-corrected chi connectivity index (χ0v) is 12.9. The summed E-state index contributed by atoms with van der Waals surface area (Å²) < 4.78 is 0.729. The number of hydrogen-bond donors (Lipinski definition) is 2. The Balaban J connectivity index is 2.41. The Morgan fingerprint density at radius 2 is 2.17 bits per heavy atom. The average Bonchev–Trinajstić information content (AvgIpc) is 2.31. The van der Waals surface area contributed by atoms with Crippen molar-refractivity contribution in [3.63, 3.8) is 0 Å². The minimum absolute atomic E-state index is 0.139. The predicted molar refractivity (Wildman–Crippen MR) is 82.1 cm³/mol. The van der Waals surface area contributed by atoms with E-state index in [-0.39, 0.29) is 5.91 Å². The second-order valence-corrected chi connectivity index (χ2v) is 5.62. The summed E-state index contributed by atoms with van der Waals surface area (Å²) in [6.07, 6.45) is 2.44. The van der Waals surface area contributed by atoms with Gasteiger partial charge in [-0.1, -0.05) is 23.8 Å². The molecule has 0 spiro atoms. The van der Waals surface area contributed by atoms with E-state index in [2.05, 4.69) is 21.2 Å². The first kappa shape index (κ1) is 15.4. The molecular weight excluding hydrogens is 336 g/mol. The van der Waals surface area contributed by atoms with Gasteiger partial charge in [-0.2, -0.15) is 0 Å². The standard InChI is InChI=1S/C12H14BrClN2OS/c13-10-5-4-8(14)7-9(10)12(17)16-6-2-1-3-11(15)18/h4-5,7H,1-3,6H2,(H2,15,18)(H,16,17). The molecule has 0 radical (unpaired) electrons. The number of rotatable bonds is 6. The van der Waals surface area contributed by atoms with E-state index in [0.29, 0.717) is 28.5 Å². The highest BCUT2D eigenvalue weighted by atomic mass is 79.9. The highest BCUT2D eigenvalue weighted by Gasteiger charge is 2.09. The van der Waals surface area contributed by atoms with Crippen molar-refractivity contribution in [1.82, 2.24) is 5.32 Å². The van der Waals surface area contributed by atoms with E-state index in [1.54, 1.807) is 18.2 Å². The maximum Gasteiger partial charge on any atom is 0.252 e. The summed E-state index contributed by atoms with van der Waals surface area (Å²) in [5.41, 5.74) is 5.92. The summed E-state index contributed by atoms with van der Waals surface area (Å²) in [5, 5.41) is 3.37. The molecule has 0 fully saturated rings. The van der Waals surface area contributed by atoms with Gasteiger partial charge in [-0.15, -0.1) is 0 Å². The first-order valence-electron chi connectivity index (χ1n) is 5.52. The summed E-state index contributed by atoms with van der Waals surface area (Å²) in [6.45, 7) is 0.598. The second kappa shape index (κ2) is 7.71. The number of halogens is 2. The maximum absolute atomic E-state index is 11.9. The van der Waals surface area contributed by atoms with Crippen molar-refractivity contribution < 1.29 is 4.79 Å². The van der Waals surface area contributed by atoms with E-state index >= 15 is 0 Å². The van der Waals surface area contributed by atoms with Crippen LogP contribution in [-0.4, -0.2) is 17.4 Å². The third kappa shape index (κ3) is 5.33. The Morgan fingerprint density at radius 1 is 1.44 bits per heavy atom. The molecule has 98 valence electrons. The van der Waals surface area contributed by atoms with Crippen molar-refractivity contribution >= 4 is 50.6 Å². The van der Waals surface area contributed by atoms with Gasteiger partial charge in [0.25, 0.3) is 5.91 Å². The van der Waals surface area contributed by atoms with E-state index in [4.69, 9.17) is 29.6 Å². The van der Waals surface area contributed by atoms with E-state index in [1.807, 2.05) is 0 Å². The minimum atomic E-state index is -0.139. The topological polar surface area (TPSA) is 55.1 Å². The fourth-order valence-corrected chi connectivity index (χ4v) is 2.14. The van der Waals surface area contributed by atoms with Gasteiger partial charge in [0.05, 0.1) is 10.6 Å². The van der Waals surface area contributed by atoms with Crippen molar-refractivity contribution in [2.24, 2.45) is 5.73 Å². The average molecular weight is 350 g/mol. The molecule has 3 N–H and O–H groups in total. The van der Waals surface area contributed by atoms with Crippen LogP contribution in [0.4, 0.5) is 0 Å². The van der Waals surface area contributed by atoms with Crippen LogP contribution in [0.3, 0.4) is 0 Å². The molecule has 0 heterocycles. The van der Waals surface area contributed by atoms with E-state index in [9.17, 15) is 4.79 Å². The molecule has 0 atom stereocenters. The van der Waals surface area contributed by atoms with Crippen molar-refractivity contribution in [3.05, 3.63) is 33.3 Å². The van der Waals surface area contributed by atoms with Crippen LogP contribution >= 0.6 is 39.7 Å². The van der Waals surface area contributed by atoms with Gasteiger partial charge in [0.2, 0.25) is 0 Å². The number of carbonyl (C=O) groups is 1. The van der Waals surface area contributed by atoms with Crippen LogP contribution in [-0.2, 0) is 0 Å². The van der Waals surface area contributed by atoms with Crippen LogP contribution in [0.2, 0.25) is 5.02 Å². The number of amides is 1. The van der Waals surface area contributed by atoms with Gasteiger partial charge in [0.1, 0.15) is 0 Å². The maximum atomic E-state index is 11.9. The summed E-state index contributed by atoms with van der Waals surface area (Å²) in [5.74, 6) is -0.139. The highest BCUT2D eigenvalue weighted by molar-refractivity contribution is 9.10. The molecule has 3 nitrogen and oxygen atoms in total. The molecule has 0 unspecified atom stereocenters. The largest absolute Gasteiger partial charge is 0.393 e. The smallest absolute Gasteiger partial charge is 0.252 e. The Kier molecular flexibility index (Phi) is 6.60. The van der Waals surface area contributed by atoms with E-state index in [0.717, 1.165) is 17.3 Å². The number of unbranched alkanes of at least 4 members (excludes halogenated alkanes) is 1. The lowest BCUT2D eigenvalue weighted by atomic mass is 10.2. The van der Waals surface area contributed by atoms with Crippen molar-refractivity contribution in [1.29, 1.82) is 0 Å². The van der Waals surface area contributed by atoms with Crippen LogP contribution in [0, 0.1) is 0 Å². The normalized spacial score (nSPS) is 10.1. The quantitative estimate of drug-likeness (QED) is 0.612. The molecule has 0 saturated carbocycles. The fourth-order valence-electron chi connectivity index (χ4n) is 1.39. The lowest BCUT2D eigenvalue weighted by molar-refractivity contribution is 0.0952. The van der Waals surface area contributed by atoms with Gasteiger partial charge in [-0.25, -0.2) is 0 Å². The number of nitrogens with two attached hydrogens (primary N) is 1. The van der Waals surface area contributed by atoms with Crippen molar-refractivity contribution in [2.75, 3.05) is 6.54 Å². The van der Waals surface area contributed by atoms with Crippen LogP contribution in [0.5, 0.6) is 0 Å². The zero-order chi connectivity index (χ0) is 13.5. The van der Waals surface area contributed by atoms with Crippen LogP contribution in [0.15, 0.2) is 22.7 Å². The number of nitrogens with one attached hydrogen (secondary N) is 1. The second-order valence-electron chi connectivity index (χ2n) is 3.80. The molecule has 0 aromatic heterocycles. The van der Waals surface area contributed by atoms with Crippen molar-refractivity contribution in [3.8, 4) is 0 Å². The molecule has 0 saturated heterocycles. The van der Waals surface area contributed by atoms with Gasteiger partial charge in [-0.05, 0) is 53.4 Å². The predicted octanol–water partition coefficient (Wildman–Crippen LogP) is 3.29. The number of carbonyl (C=O) groups excluding carboxylic acids is 1. The summed E-state index contributed by atoms with van der Waals surface area (Å²) in [4.78, 5) is 12.4. The Morgan fingerprint density at radius 3 is 2.83 bits per heavy atom. The third-order valence-corrected chi connectivity index (χ3v) is 3.44. The summed E-state index contributed by atoms with van der Waals surface area (Å²) in [6, 6.07) is 5.12. The first-order valence-corrected chi connectivity index (χ1v) is 7.10. The summed E-state index contributed by atoms with van der Waals surface area (Å²) in [7, 11) is 0. The van der Waals surface area contributed by atoms with Gasteiger partial charge in [0.15, 0.2) is 0 Å². The monoisotopic (exact) mass is 348 g/mol. The molecular formula is C12H14BrClN2OS. The van der Waals surface area contributed by atoms with Crippen molar-refractivity contribution in [2.45, 2.75) is 19.3 Å². The Bertz CT molecular complexity index is 454. The SMILES string of the molecule is NC(=S)CCCCNC(=O)c1cc(Cl)ccc1Br. The molecule has 1 rings (SSSR count). The highest BCUT2D eigenvalue weighted by Crippen LogP contribution is 2.20. The van der Waals surface area contributed by atoms with Gasteiger partial charge < -0.3 is 11.1 Å². The molecule has 1 amide bonds. The lowest BCUT2D eigenvalue weighted by Gasteiger charge is -2.07. The molecule has 0 bridgehead atoms. The Labute approximate surface area is 125 Å². The van der Waals surface area contributed by atoms with E-state index in [1.165, 1.54) is 0 Å². The summed E-state index contributed by atoms with van der Waals surface area (Å²) >= 11 is 13.9.